The van der Waals surface area contributed by atoms with Crippen LogP contribution in [-0.2, 0) is 0 Å². The average molecular weight is 174 g/mol. The van der Waals surface area contributed by atoms with Gasteiger partial charge in [0, 0.05) is 22.4 Å². The molecule has 1 nitrogen and oxygen atoms in total. The lowest BCUT2D eigenvalue weighted by atomic mass is 10.2. The van der Waals surface area contributed by atoms with Crippen molar-refractivity contribution in [3.8, 4) is 0 Å². The van der Waals surface area contributed by atoms with Gasteiger partial charge in [-0.05, 0) is 6.07 Å². The summed E-state index contributed by atoms with van der Waals surface area (Å²) in [6, 6.07) is 7.36. The average Bonchev–Trinajstić information content (AvgIpc) is 1.94. The highest BCUT2D eigenvalue weighted by Crippen LogP contribution is 2.12. The van der Waals surface area contributed by atoms with E-state index in [2.05, 4.69) is 4.51 Å². The van der Waals surface area contributed by atoms with Crippen molar-refractivity contribution in [1.29, 1.82) is 0 Å². The van der Waals surface area contributed by atoms with Crippen LogP contribution >= 0.6 is 23.4 Å². The Morgan fingerprint density at radius 3 is 2.60 bits per heavy atom. The normalized spacial score (nSPS) is 10.6. The maximum atomic E-state index is 5.75. The van der Waals surface area contributed by atoms with Crippen molar-refractivity contribution in [3.63, 3.8) is 0 Å². The van der Waals surface area contributed by atoms with Crippen LogP contribution < -0.4 is 0 Å². The van der Waals surface area contributed by atoms with Crippen molar-refractivity contribution >= 4 is 29.6 Å². The number of halogens is 2. The molecule has 1 aromatic rings. The number of benzene rings is 1. The molecule has 3 heteroatoms. The first-order valence-electron chi connectivity index (χ1n) is 2.73. The molecule has 1 aromatic carbocycles. The predicted octanol–water partition coefficient (Wildman–Crippen LogP) is 2.91. The van der Waals surface area contributed by atoms with Crippen molar-refractivity contribution in [3.05, 3.63) is 34.9 Å². The summed E-state index contributed by atoms with van der Waals surface area (Å²) in [6.45, 7) is 0. The number of nitrogens with zero attached hydrogens (tertiary/aromatic N) is 1. The van der Waals surface area contributed by atoms with E-state index >= 15 is 0 Å². The number of hydrogen-bond donors (Lipinski definition) is 0. The van der Waals surface area contributed by atoms with Crippen LogP contribution in [0.4, 0.5) is 0 Å². The standard InChI is InChI=1S/C7H5Cl2N/c8-7-4-2-1-3-6(7)5-10-9/h1-5H. The molecule has 10 heavy (non-hydrogen) atoms. The first kappa shape index (κ1) is 7.58. The molecule has 0 atom stereocenters. The van der Waals surface area contributed by atoms with E-state index in [0.29, 0.717) is 5.02 Å². The van der Waals surface area contributed by atoms with Crippen molar-refractivity contribution in [2.24, 2.45) is 4.51 Å². The van der Waals surface area contributed by atoms with Crippen molar-refractivity contribution in [2.45, 2.75) is 0 Å². The Bertz CT molecular complexity index is 245. The molecule has 0 N–H and O–H groups in total. The highest BCUT2D eigenvalue weighted by molar-refractivity contribution is 6.33. The topological polar surface area (TPSA) is 12.4 Å². The fourth-order valence-corrected chi connectivity index (χ4v) is 0.922. The molecule has 0 aliphatic heterocycles. The maximum Gasteiger partial charge on any atom is 0.0502 e. The van der Waals surface area contributed by atoms with Crippen molar-refractivity contribution in [1.82, 2.24) is 0 Å². The fourth-order valence-electron chi connectivity index (χ4n) is 0.632. The van der Waals surface area contributed by atoms with Gasteiger partial charge in [0.1, 0.15) is 0 Å². The molecule has 0 aliphatic rings. The van der Waals surface area contributed by atoms with Gasteiger partial charge in [0.15, 0.2) is 0 Å². The maximum absolute atomic E-state index is 5.75. The molecule has 0 aromatic heterocycles. The van der Waals surface area contributed by atoms with Crippen LogP contribution in [0.2, 0.25) is 5.02 Å². The van der Waals surface area contributed by atoms with Crippen molar-refractivity contribution in [2.75, 3.05) is 0 Å². The Balaban J connectivity index is 3.03. The Morgan fingerprint density at radius 1 is 1.30 bits per heavy atom. The van der Waals surface area contributed by atoms with Crippen LogP contribution in [0.25, 0.3) is 0 Å². The summed E-state index contributed by atoms with van der Waals surface area (Å²) in [6.07, 6.45) is 1.50. The summed E-state index contributed by atoms with van der Waals surface area (Å²) < 4.78 is 3.33. The first-order valence-corrected chi connectivity index (χ1v) is 3.45. The zero-order chi connectivity index (χ0) is 7.40. The third kappa shape index (κ3) is 1.72. The predicted molar refractivity (Wildman–Crippen MR) is 44.9 cm³/mol. The Morgan fingerprint density at radius 2 is 2.00 bits per heavy atom. The highest BCUT2D eigenvalue weighted by atomic mass is 35.5. The fraction of sp³-hybridized carbons (Fsp3) is 0. The van der Waals surface area contributed by atoms with Gasteiger partial charge in [-0.15, -0.1) is 0 Å². The molecule has 0 bridgehead atoms. The van der Waals surface area contributed by atoms with Gasteiger partial charge < -0.3 is 0 Å². The minimum atomic E-state index is 0.659. The van der Waals surface area contributed by atoms with Crippen LogP contribution in [0.5, 0.6) is 0 Å². The lowest BCUT2D eigenvalue weighted by Crippen LogP contribution is -1.78. The summed E-state index contributed by atoms with van der Waals surface area (Å²) in [5.74, 6) is 0. The minimum Gasteiger partial charge on any atom is -0.185 e. The van der Waals surface area contributed by atoms with Gasteiger partial charge in [0.05, 0.1) is 6.21 Å². The van der Waals surface area contributed by atoms with E-state index < -0.39 is 0 Å². The van der Waals surface area contributed by atoms with Crippen LogP contribution in [0.3, 0.4) is 0 Å². The molecule has 0 aliphatic carbocycles. The summed E-state index contributed by atoms with van der Waals surface area (Å²) >= 11 is 10.9. The van der Waals surface area contributed by atoms with Gasteiger partial charge in [0.2, 0.25) is 0 Å². The molecule has 0 unspecified atom stereocenters. The second-order valence-electron chi connectivity index (χ2n) is 1.75. The van der Waals surface area contributed by atoms with E-state index in [1.54, 1.807) is 6.07 Å². The van der Waals surface area contributed by atoms with E-state index in [4.69, 9.17) is 23.4 Å². The molecular weight excluding hydrogens is 169 g/mol. The molecule has 1 rings (SSSR count). The third-order valence-electron chi connectivity index (χ3n) is 1.09. The lowest BCUT2D eigenvalue weighted by molar-refractivity contribution is 1.66. The van der Waals surface area contributed by atoms with Gasteiger partial charge >= 0.3 is 0 Å². The lowest BCUT2D eigenvalue weighted by Gasteiger charge is -1.92. The van der Waals surface area contributed by atoms with Gasteiger partial charge in [-0.1, -0.05) is 29.8 Å². The van der Waals surface area contributed by atoms with E-state index in [9.17, 15) is 0 Å². The third-order valence-corrected chi connectivity index (χ3v) is 1.53. The monoisotopic (exact) mass is 173 g/mol. The van der Waals surface area contributed by atoms with Gasteiger partial charge in [-0.25, -0.2) is 0 Å². The van der Waals surface area contributed by atoms with Crippen LogP contribution in [0.15, 0.2) is 28.8 Å². The molecule has 52 valence electrons. The quantitative estimate of drug-likeness (QED) is 0.580. The Labute approximate surface area is 69.4 Å². The van der Waals surface area contributed by atoms with Gasteiger partial charge in [0.25, 0.3) is 0 Å². The zero-order valence-corrected chi connectivity index (χ0v) is 6.60. The SMILES string of the molecule is ClN=Cc1ccccc1Cl. The van der Waals surface area contributed by atoms with E-state index in [1.165, 1.54) is 6.21 Å². The molecule has 0 amide bonds. The summed E-state index contributed by atoms with van der Waals surface area (Å²) in [4.78, 5) is 0. The summed E-state index contributed by atoms with van der Waals surface area (Å²) in [5.41, 5.74) is 0.833. The summed E-state index contributed by atoms with van der Waals surface area (Å²) in [7, 11) is 0. The number of hydrogen-bond acceptors (Lipinski definition) is 1. The van der Waals surface area contributed by atoms with Crippen LogP contribution in [0, 0.1) is 0 Å². The second-order valence-corrected chi connectivity index (χ2v) is 2.35. The van der Waals surface area contributed by atoms with Crippen molar-refractivity contribution < 1.29 is 0 Å². The van der Waals surface area contributed by atoms with E-state index in [-0.39, 0.29) is 0 Å². The van der Waals surface area contributed by atoms with Crippen LogP contribution in [-0.4, -0.2) is 6.21 Å². The Kier molecular flexibility index (Phi) is 2.72. The zero-order valence-electron chi connectivity index (χ0n) is 5.09. The molecule has 0 heterocycles. The minimum absolute atomic E-state index is 0.659. The first-order chi connectivity index (χ1) is 4.84. The van der Waals surface area contributed by atoms with E-state index in [1.807, 2.05) is 18.2 Å². The van der Waals surface area contributed by atoms with Crippen LogP contribution in [0.1, 0.15) is 5.56 Å². The largest absolute Gasteiger partial charge is 0.185 e. The Hall–Kier alpha value is -0.530. The molecule has 0 radical (unpaired) electrons. The van der Waals surface area contributed by atoms with Gasteiger partial charge in [-0.3, -0.25) is 0 Å². The van der Waals surface area contributed by atoms with E-state index in [0.717, 1.165) is 5.56 Å². The number of rotatable bonds is 1. The highest BCUT2D eigenvalue weighted by Gasteiger charge is 1.91. The molecule has 0 fully saturated rings. The molecule has 0 spiro atoms. The van der Waals surface area contributed by atoms with Gasteiger partial charge in [-0.2, -0.15) is 4.51 Å². The molecule has 0 saturated heterocycles. The molecule has 0 saturated carbocycles. The summed E-state index contributed by atoms with van der Waals surface area (Å²) in [5, 5.41) is 0.659. The molecular formula is C7H5Cl2N. The second kappa shape index (κ2) is 3.59. The smallest absolute Gasteiger partial charge is 0.0502 e.